The summed E-state index contributed by atoms with van der Waals surface area (Å²) in [7, 11) is 1.86. The van der Waals surface area contributed by atoms with Crippen molar-refractivity contribution >= 4 is 5.91 Å². The van der Waals surface area contributed by atoms with Crippen molar-refractivity contribution in [2.45, 2.75) is 13.5 Å². The molecule has 0 fully saturated rings. The van der Waals surface area contributed by atoms with E-state index in [1.165, 1.54) is 0 Å². The zero-order valence-electron chi connectivity index (χ0n) is 11.5. The molecule has 0 unspecified atom stereocenters. The number of aryl methyl sites for hydroxylation is 1. The minimum absolute atomic E-state index is 0.237. The number of ether oxygens (including phenoxy) is 1. The Hall–Kier alpha value is -2.40. The Labute approximate surface area is 117 Å². The smallest absolute Gasteiger partial charge is 0.254 e. The van der Waals surface area contributed by atoms with Crippen LogP contribution in [-0.4, -0.2) is 17.9 Å². The van der Waals surface area contributed by atoms with Gasteiger partial charge in [0.25, 0.3) is 5.91 Å². The van der Waals surface area contributed by atoms with Gasteiger partial charge in [-0.15, -0.1) is 0 Å². The lowest BCUT2D eigenvalue weighted by molar-refractivity contribution is 0.0997. The number of rotatable bonds is 5. The van der Waals surface area contributed by atoms with Crippen LogP contribution >= 0.6 is 0 Å². The molecule has 1 amide bonds. The lowest BCUT2D eigenvalue weighted by Gasteiger charge is -2.12. The first kappa shape index (κ1) is 14.0. The summed E-state index contributed by atoms with van der Waals surface area (Å²) in [6, 6.07) is 10.9. The van der Waals surface area contributed by atoms with Gasteiger partial charge < -0.3 is 15.8 Å². The number of benzene rings is 1. The molecule has 0 aliphatic heterocycles. The number of nitrogens with zero attached hydrogens (tertiary/aromatic N) is 1. The Bertz CT molecular complexity index is 626. The minimum atomic E-state index is -0.557. The standard InChI is InChI=1S/C15H17N3O2/c1-10-7-8-12(14(16)19)15(18-10)20-13-6-4-3-5-11(13)9-17-2/h3-8,17H,9H2,1-2H3,(H2,16,19). The van der Waals surface area contributed by atoms with E-state index in [4.69, 9.17) is 10.5 Å². The summed E-state index contributed by atoms with van der Waals surface area (Å²) in [6.07, 6.45) is 0. The summed E-state index contributed by atoms with van der Waals surface area (Å²) >= 11 is 0. The number of carbonyl (C=O) groups excluding carboxylic acids is 1. The molecule has 1 aromatic carbocycles. The molecule has 5 nitrogen and oxygen atoms in total. The second kappa shape index (κ2) is 6.16. The van der Waals surface area contributed by atoms with Gasteiger partial charge in [-0.2, -0.15) is 0 Å². The quantitative estimate of drug-likeness (QED) is 0.872. The molecule has 5 heteroatoms. The van der Waals surface area contributed by atoms with E-state index in [-0.39, 0.29) is 11.4 Å². The fraction of sp³-hybridized carbons (Fsp3) is 0.200. The van der Waals surface area contributed by atoms with E-state index in [0.717, 1.165) is 11.3 Å². The highest BCUT2D eigenvalue weighted by molar-refractivity contribution is 5.95. The number of pyridine rings is 1. The summed E-state index contributed by atoms with van der Waals surface area (Å²) < 4.78 is 5.78. The number of aromatic nitrogens is 1. The maximum Gasteiger partial charge on any atom is 0.254 e. The van der Waals surface area contributed by atoms with Crippen LogP contribution in [0.15, 0.2) is 36.4 Å². The lowest BCUT2D eigenvalue weighted by atomic mass is 10.2. The molecule has 0 aliphatic rings. The van der Waals surface area contributed by atoms with Crippen molar-refractivity contribution in [1.29, 1.82) is 0 Å². The number of hydrogen-bond acceptors (Lipinski definition) is 4. The van der Waals surface area contributed by atoms with Crippen molar-refractivity contribution < 1.29 is 9.53 Å². The third kappa shape index (κ3) is 3.13. The second-order valence-corrected chi connectivity index (χ2v) is 4.41. The molecule has 1 aromatic heterocycles. The van der Waals surface area contributed by atoms with E-state index >= 15 is 0 Å². The second-order valence-electron chi connectivity index (χ2n) is 4.41. The maximum absolute atomic E-state index is 11.4. The van der Waals surface area contributed by atoms with Crippen LogP contribution in [0.5, 0.6) is 11.6 Å². The third-order valence-corrected chi connectivity index (χ3v) is 2.81. The van der Waals surface area contributed by atoms with Crippen LogP contribution < -0.4 is 15.8 Å². The van der Waals surface area contributed by atoms with Crippen LogP contribution in [0.1, 0.15) is 21.6 Å². The number of amides is 1. The largest absolute Gasteiger partial charge is 0.438 e. The van der Waals surface area contributed by atoms with Crippen molar-refractivity contribution in [3.63, 3.8) is 0 Å². The molecule has 2 rings (SSSR count). The van der Waals surface area contributed by atoms with E-state index in [9.17, 15) is 4.79 Å². The Morgan fingerprint density at radius 1 is 1.30 bits per heavy atom. The number of hydrogen-bond donors (Lipinski definition) is 2. The van der Waals surface area contributed by atoms with Crippen molar-refractivity contribution in [2.24, 2.45) is 5.73 Å². The Balaban J connectivity index is 2.39. The molecule has 20 heavy (non-hydrogen) atoms. The van der Waals surface area contributed by atoms with Gasteiger partial charge in [0.05, 0.1) is 0 Å². The third-order valence-electron chi connectivity index (χ3n) is 2.81. The topological polar surface area (TPSA) is 77.2 Å². The first-order valence-electron chi connectivity index (χ1n) is 6.29. The fourth-order valence-electron chi connectivity index (χ4n) is 1.84. The SMILES string of the molecule is CNCc1ccccc1Oc1nc(C)ccc1C(N)=O. The van der Waals surface area contributed by atoms with Gasteiger partial charge in [-0.3, -0.25) is 4.79 Å². The number of carbonyl (C=O) groups is 1. The predicted molar refractivity (Wildman–Crippen MR) is 76.8 cm³/mol. The minimum Gasteiger partial charge on any atom is -0.438 e. The van der Waals surface area contributed by atoms with Gasteiger partial charge in [-0.05, 0) is 32.2 Å². The summed E-state index contributed by atoms with van der Waals surface area (Å²) in [6.45, 7) is 2.49. The molecule has 0 bridgehead atoms. The van der Waals surface area contributed by atoms with Crippen LogP contribution in [0.3, 0.4) is 0 Å². The van der Waals surface area contributed by atoms with Crippen molar-refractivity contribution in [2.75, 3.05) is 7.05 Å². The molecule has 0 radical (unpaired) electrons. The number of nitrogens with two attached hydrogens (primary N) is 1. The molecule has 0 saturated carbocycles. The average Bonchev–Trinajstić information content (AvgIpc) is 2.41. The zero-order chi connectivity index (χ0) is 14.5. The van der Waals surface area contributed by atoms with Gasteiger partial charge in [0.15, 0.2) is 0 Å². The molecule has 0 saturated heterocycles. The first-order valence-corrected chi connectivity index (χ1v) is 6.29. The maximum atomic E-state index is 11.4. The fourth-order valence-corrected chi connectivity index (χ4v) is 1.84. The number of para-hydroxylation sites is 1. The van der Waals surface area contributed by atoms with E-state index in [2.05, 4.69) is 10.3 Å². The van der Waals surface area contributed by atoms with Gasteiger partial charge in [0.1, 0.15) is 11.3 Å². The predicted octanol–water partition coefficient (Wildman–Crippen LogP) is 2.00. The van der Waals surface area contributed by atoms with E-state index in [1.54, 1.807) is 12.1 Å². The highest BCUT2D eigenvalue weighted by Gasteiger charge is 2.13. The van der Waals surface area contributed by atoms with Crippen LogP contribution in [0.2, 0.25) is 0 Å². The molecule has 104 valence electrons. The van der Waals surface area contributed by atoms with Crippen LogP contribution in [0.4, 0.5) is 0 Å². The molecule has 1 heterocycles. The van der Waals surface area contributed by atoms with Crippen molar-refractivity contribution in [1.82, 2.24) is 10.3 Å². The van der Waals surface area contributed by atoms with E-state index in [1.807, 2.05) is 38.2 Å². The Morgan fingerprint density at radius 3 is 2.75 bits per heavy atom. The van der Waals surface area contributed by atoms with Gasteiger partial charge in [0.2, 0.25) is 5.88 Å². The molecule has 3 N–H and O–H groups in total. The van der Waals surface area contributed by atoms with Gasteiger partial charge in [0, 0.05) is 17.8 Å². The summed E-state index contributed by atoms with van der Waals surface area (Å²) in [4.78, 5) is 15.7. The van der Waals surface area contributed by atoms with Crippen LogP contribution in [0.25, 0.3) is 0 Å². The average molecular weight is 271 g/mol. The van der Waals surface area contributed by atoms with Gasteiger partial charge in [-0.25, -0.2) is 4.98 Å². The molecular formula is C15H17N3O2. The normalized spacial score (nSPS) is 10.3. The molecule has 0 atom stereocenters. The molecular weight excluding hydrogens is 254 g/mol. The lowest BCUT2D eigenvalue weighted by Crippen LogP contribution is -2.14. The van der Waals surface area contributed by atoms with Gasteiger partial charge in [-0.1, -0.05) is 18.2 Å². The van der Waals surface area contributed by atoms with E-state index in [0.29, 0.717) is 12.3 Å². The monoisotopic (exact) mass is 271 g/mol. The summed E-state index contributed by atoms with van der Waals surface area (Å²) in [5.41, 5.74) is 7.36. The van der Waals surface area contributed by atoms with Crippen LogP contribution in [-0.2, 0) is 6.54 Å². The van der Waals surface area contributed by atoms with Crippen molar-refractivity contribution in [3.8, 4) is 11.6 Å². The summed E-state index contributed by atoms with van der Waals surface area (Å²) in [5.74, 6) is 0.335. The van der Waals surface area contributed by atoms with E-state index < -0.39 is 5.91 Å². The number of nitrogens with one attached hydrogen (secondary N) is 1. The van der Waals surface area contributed by atoms with Crippen molar-refractivity contribution in [3.05, 3.63) is 53.2 Å². The van der Waals surface area contributed by atoms with Gasteiger partial charge >= 0.3 is 0 Å². The zero-order valence-corrected chi connectivity index (χ0v) is 11.5. The summed E-state index contributed by atoms with van der Waals surface area (Å²) in [5, 5.41) is 3.07. The highest BCUT2D eigenvalue weighted by atomic mass is 16.5. The molecule has 2 aromatic rings. The number of primary amides is 1. The molecule has 0 spiro atoms. The highest BCUT2D eigenvalue weighted by Crippen LogP contribution is 2.26. The Kier molecular flexibility index (Phi) is 4.32. The Morgan fingerprint density at radius 2 is 2.05 bits per heavy atom. The molecule has 0 aliphatic carbocycles. The van der Waals surface area contributed by atoms with Crippen LogP contribution in [0, 0.1) is 6.92 Å². The first-order chi connectivity index (χ1) is 9.61.